The molecular weight excluding hydrogens is 421 g/mol. The van der Waals surface area contributed by atoms with Crippen LogP contribution in [0.1, 0.15) is 0 Å². The summed E-state index contributed by atoms with van der Waals surface area (Å²) in [4.78, 5) is -0.193. The molecule has 0 N–H and O–H groups in total. The summed E-state index contributed by atoms with van der Waals surface area (Å²) in [6, 6.07) is 8.21. The average Bonchev–Trinajstić information content (AvgIpc) is 2.55. The van der Waals surface area contributed by atoms with Gasteiger partial charge in [-0.1, -0.05) is 17.7 Å². The summed E-state index contributed by atoms with van der Waals surface area (Å²) in [5.41, 5.74) is 0.347. The van der Waals surface area contributed by atoms with Crippen LogP contribution in [0.15, 0.2) is 58.4 Å². The van der Waals surface area contributed by atoms with Gasteiger partial charge in [0.1, 0.15) is 0 Å². The van der Waals surface area contributed by atoms with Crippen LogP contribution in [0.4, 0.5) is 10.1 Å². The SMILES string of the molecule is C=CCN(c1ccc(Br)c(Cl)c1)S(=O)(=O)c1ccc(OC)c(F)c1. The molecule has 0 aliphatic carbocycles. The lowest BCUT2D eigenvalue weighted by molar-refractivity contribution is 0.385. The Morgan fingerprint density at radius 3 is 2.58 bits per heavy atom. The molecule has 0 saturated carbocycles. The molecule has 0 aliphatic rings. The lowest BCUT2D eigenvalue weighted by Gasteiger charge is -2.23. The number of methoxy groups -OCH3 is 1. The minimum Gasteiger partial charge on any atom is -0.494 e. The summed E-state index contributed by atoms with van der Waals surface area (Å²) in [5, 5.41) is 0.359. The number of rotatable bonds is 6. The Morgan fingerprint density at radius 1 is 1.33 bits per heavy atom. The van der Waals surface area contributed by atoms with Gasteiger partial charge in [-0.3, -0.25) is 4.31 Å². The average molecular weight is 435 g/mol. The van der Waals surface area contributed by atoms with E-state index in [1.165, 1.54) is 31.4 Å². The molecule has 8 heteroatoms. The smallest absolute Gasteiger partial charge is 0.264 e. The lowest BCUT2D eigenvalue weighted by atomic mass is 10.3. The molecule has 0 fully saturated rings. The fourth-order valence-corrected chi connectivity index (χ4v) is 3.90. The highest BCUT2D eigenvalue weighted by Crippen LogP contribution is 2.31. The Morgan fingerprint density at radius 2 is 2.04 bits per heavy atom. The highest BCUT2D eigenvalue weighted by Gasteiger charge is 2.25. The van der Waals surface area contributed by atoms with Crippen molar-refractivity contribution in [1.82, 2.24) is 0 Å². The Kier molecular flexibility index (Phi) is 5.90. The van der Waals surface area contributed by atoms with Gasteiger partial charge in [0.25, 0.3) is 10.0 Å². The van der Waals surface area contributed by atoms with Crippen LogP contribution in [0.3, 0.4) is 0 Å². The van der Waals surface area contributed by atoms with Crippen LogP contribution in [-0.2, 0) is 10.0 Å². The summed E-state index contributed by atoms with van der Waals surface area (Å²) in [6.45, 7) is 3.58. The van der Waals surface area contributed by atoms with Crippen molar-refractivity contribution in [3.8, 4) is 5.75 Å². The molecule has 0 aromatic heterocycles. The van der Waals surface area contributed by atoms with E-state index in [1.807, 2.05) is 0 Å². The van der Waals surface area contributed by atoms with Gasteiger partial charge in [-0.05, 0) is 52.3 Å². The number of halogens is 3. The fourth-order valence-electron chi connectivity index (χ4n) is 2.03. The molecule has 0 bridgehead atoms. The van der Waals surface area contributed by atoms with Gasteiger partial charge in [-0.15, -0.1) is 6.58 Å². The molecule has 0 spiro atoms. The zero-order chi connectivity index (χ0) is 17.9. The van der Waals surface area contributed by atoms with Gasteiger partial charge in [-0.2, -0.15) is 0 Å². The van der Waals surface area contributed by atoms with Crippen molar-refractivity contribution >= 4 is 43.2 Å². The van der Waals surface area contributed by atoms with Crippen LogP contribution in [-0.4, -0.2) is 22.1 Å². The molecule has 0 aliphatic heterocycles. The second-order valence-corrected chi connectivity index (χ2v) is 7.84. The summed E-state index contributed by atoms with van der Waals surface area (Å²) >= 11 is 9.30. The van der Waals surface area contributed by atoms with E-state index in [4.69, 9.17) is 16.3 Å². The predicted octanol–water partition coefficient (Wildman–Crippen LogP) is 4.63. The molecule has 4 nitrogen and oxygen atoms in total. The number of nitrogens with zero attached hydrogens (tertiary/aromatic N) is 1. The molecule has 2 aromatic carbocycles. The van der Waals surface area contributed by atoms with Crippen LogP contribution >= 0.6 is 27.5 Å². The van der Waals surface area contributed by atoms with Crippen LogP contribution < -0.4 is 9.04 Å². The van der Waals surface area contributed by atoms with Crippen molar-refractivity contribution in [2.45, 2.75) is 4.90 Å². The first-order valence-electron chi connectivity index (χ1n) is 6.73. The van der Waals surface area contributed by atoms with E-state index in [0.717, 1.165) is 10.4 Å². The zero-order valence-corrected chi connectivity index (χ0v) is 15.8. The van der Waals surface area contributed by atoms with Crippen molar-refractivity contribution in [2.75, 3.05) is 18.0 Å². The van der Waals surface area contributed by atoms with Gasteiger partial charge < -0.3 is 4.74 Å². The van der Waals surface area contributed by atoms with E-state index < -0.39 is 15.8 Å². The quantitative estimate of drug-likeness (QED) is 0.623. The molecule has 0 amide bonds. The van der Waals surface area contributed by atoms with Crippen LogP contribution in [0.5, 0.6) is 5.75 Å². The van der Waals surface area contributed by atoms with Crippen molar-refractivity contribution in [3.63, 3.8) is 0 Å². The summed E-state index contributed by atoms with van der Waals surface area (Å²) < 4.78 is 46.2. The highest BCUT2D eigenvalue weighted by molar-refractivity contribution is 9.10. The van der Waals surface area contributed by atoms with Crippen LogP contribution in [0, 0.1) is 5.82 Å². The van der Waals surface area contributed by atoms with Gasteiger partial charge in [0.2, 0.25) is 0 Å². The molecule has 128 valence electrons. The molecule has 24 heavy (non-hydrogen) atoms. The van der Waals surface area contributed by atoms with Gasteiger partial charge in [0, 0.05) is 4.47 Å². The molecular formula is C16H14BrClFNO3S. The molecule has 0 atom stereocenters. The maximum Gasteiger partial charge on any atom is 0.264 e. The molecule has 2 rings (SSSR count). The van der Waals surface area contributed by atoms with Crippen molar-refractivity contribution in [1.29, 1.82) is 0 Å². The number of sulfonamides is 1. The lowest BCUT2D eigenvalue weighted by Crippen LogP contribution is -2.31. The molecule has 0 saturated heterocycles. The van der Waals surface area contributed by atoms with E-state index in [2.05, 4.69) is 22.5 Å². The Hall–Kier alpha value is -1.57. The van der Waals surface area contributed by atoms with Crippen molar-refractivity contribution < 1.29 is 17.5 Å². The van der Waals surface area contributed by atoms with E-state index in [9.17, 15) is 12.8 Å². The third-order valence-electron chi connectivity index (χ3n) is 3.20. The van der Waals surface area contributed by atoms with E-state index in [0.29, 0.717) is 15.2 Å². The van der Waals surface area contributed by atoms with Crippen molar-refractivity contribution in [3.05, 3.63) is 64.4 Å². The van der Waals surface area contributed by atoms with Gasteiger partial charge in [-0.25, -0.2) is 12.8 Å². The van der Waals surface area contributed by atoms with Crippen LogP contribution in [0.25, 0.3) is 0 Å². The number of anilines is 1. The topological polar surface area (TPSA) is 46.6 Å². The first-order valence-corrected chi connectivity index (χ1v) is 9.34. The number of hydrogen-bond acceptors (Lipinski definition) is 3. The fraction of sp³-hybridized carbons (Fsp3) is 0.125. The second kappa shape index (κ2) is 7.55. The molecule has 0 unspecified atom stereocenters. The van der Waals surface area contributed by atoms with E-state index >= 15 is 0 Å². The number of benzene rings is 2. The monoisotopic (exact) mass is 433 g/mol. The third-order valence-corrected chi connectivity index (χ3v) is 6.22. The normalized spacial score (nSPS) is 11.2. The second-order valence-electron chi connectivity index (χ2n) is 4.72. The highest BCUT2D eigenvalue weighted by atomic mass is 79.9. The zero-order valence-electron chi connectivity index (χ0n) is 12.7. The molecule has 0 radical (unpaired) electrons. The third kappa shape index (κ3) is 3.74. The summed E-state index contributed by atoms with van der Waals surface area (Å²) in [7, 11) is -2.69. The van der Waals surface area contributed by atoms with Gasteiger partial charge in [0.15, 0.2) is 11.6 Å². The van der Waals surface area contributed by atoms with Gasteiger partial charge in [0.05, 0.1) is 29.3 Å². The predicted molar refractivity (Wildman–Crippen MR) is 96.8 cm³/mol. The Bertz CT molecular complexity index is 874. The number of ether oxygens (including phenoxy) is 1. The largest absolute Gasteiger partial charge is 0.494 e. The maximum atomic E-state index is 13.9. The Labute approximate surface area is 153 Å². The van der Waals surface area contributed by atoms with E-state index in [-0.39, 0.29) is 17.2 Å². The molecule has 2 aromatic rings. The minimum absolute atomic E-state index is 0.00788. The van der Waals surface area contributed by atoms with E-state index in [1.54, 1.807) is 12.1 Å². The summed E-state index contributed by atoms with van der Waals surface area (Å²) in [5.74, 6) is -0.790. The van der Waals surface area contributed by atoms with Gasteiger partial charge >= 0.3 is 0 Å². The maximum absolute atomic E-state index is 13.9. The standard InChI is InChI=1S/C16H14BrClFNO3S/c1-3-8-20(11-4-6-13(17)14(18)9-11)24(21,22)12-5-7-16(23-2)15(19)10-12/h3-7,9-10H,1,8H2,2H3. The summed E-state index contributed by atoms with van der Waals surface area (Å²) in [6.07, 6.45) is 1.44. The first-order chi connectivity index (χ1) is 11.3. The van der Waals surface area contributed by atoms with Crippen molar-refractivity contribution in [2.24, 2.45) is 0 Å². The number of hydrogen-bond donors (Lipinski definition) is 0. The Balaban J connectivity index is 2.54. The molecule has 0 heterocycles. The van der Waals surface area contributed by atoms with Crippen LogP contribution in [0.2, 0.25) is 5.02 Å². The minimum atomic E-state index is -4.00. The first kappa shape index (κ1) is 18.8.